The number of aryl methyl sites for hydroxylation is 1. The molecule has 1 aliphatic heterocycles. The van der Waals surface area contributed by atoms with E-state index in [4.69, 9.17) is 21.1 Å². The van der Waals surface area contributed by atoms with Gasteiger partial charge in [-0.15, -0.1) is 0 Å². The summed E-state index contributed by atoms with van der Waals surface area (Å²) in [6.45, 7) is 2.95. The first-order chi connectivity index (χ1) is 10.5. The molecule has 22 heavy (non-hydrogen) atoms. The number of methoxy groups -OCH3 is 1. The number of amides is 1. The number of benzene rings is 1. The van der Waals surface area contributed by atoms with E-state index in [1.54, 1.807) is 20.1 Å². The Kier molecular flexibility index (Phi) is 4.39. The molecular formula is C16H19ClFNO3. The van der Waals surface area contributed by atoms with E-state index >= 15 is 0 Å². The zero-order valence-electron chi connectivity index (χ0n) is 12.6. The van der Waals surface area contributed by atoms with Crippen molar-refractivity contribution in [1.29, 1.82) is 0 Å². The normalized spacial score (nSPS) is 29.8. The Bertz CT molecular complexity index is 595. The highest BCUT2D eigenvalue weighted by atomic mass is 35.5. The molecule has 1 saturated heterocycles. The number of carbonyl (C=O) groups excluding carboxylic acids is 1. The highest BCUT2D eigenvalue weighted by Crippen LogP contribution is 2.44. The van der Waals surface area contributed by atoms with Crippen LogP contribution in [0.25, 0.3) is 0 Å². The molecule has 2 fully saturated rings. The number of nitrogens with one attached hydrogen (secondary N) is 1. The third kappa shape index (κ3) is 2.51. The third-order valence-electron chi connectivity index (χ3n) is 4.70. The summed E-state index contributed by atoms with van der Waals surface area (Å²) in [4.78, 5) is 12.5. The minimum absolute atomic E-state index is 0.0593. The number of hydrogen-bond donors (Lipinski definition) is 1. The van der Waals surface area contributed by atoms with Gasteiger partial charge in [0, 0.05) is 31.6 Å². The predicted molar refractivity (Wildman–Crippen MR) is 80.6 cm³/mol. The van der Waals surface area contributed by atoms with Crippen LogP contribution in [0.4, 0.5) is 4.39 Å². The lowest BCUT2D eigenvalue weighted by atomic mass is 9.67. The van der Waals surface area contributed by atoms with Crippen LogP contribution in [-0.2, 0) is 9.47 Å². The average Bonchev–Trinajstić information content (AvgIpc) is 2.91. The maximum atomic E-state index is 14.0. The van der Waals surface area contributed by atoms with E-state index in [0.29, 0.717) is 18.8 Å². The van der Waals surface area contributed by atoms with Gasteiger partial charge in [0.1, 0.15) is 5.82 Å². The van der Waals surface area contributed by atoms with Crippen molar-refractivity contribution in [3.05, 3.63) is 34.1 Å². The Hall–Kier alpha value is -1.17. The van der Waals surface area contributed by atoms with Crippen LogP contribution >= 0.6 is 11.6 Å². The maximum absolute atomic E-state index is 14.0. The second kappa shape index (κ2) is 6.14. The van der Waals surface area contributed by atoms with Crippen molar-refractivity contribution < 1.29 is 18.7 Å². The number of halogens is 2. The SMILES string of the molecule is COC[C@H]1[C@H](NC(=O)c2c(F)ccc(C)c2Cl)[C@H]2CCO[C@H]21. The molecule has 1 aliphatic carbocycles. The third-order valence-corrected chi connectivity index (χ3v) is 5.18. The molecule has 1 N–H and O–H groups in total. The van der Waals surface area contributed by atoms with Gasteiger partial charge in [0.2, 0.25) is 0 Å². The van der Waals surface area contributed by atoms with E-state index in [9.17, 15) is 9.18 Å². The highest BCUT2D eigenvalue weighted by molar-refractivity contribution is 6.34. The molecule has 1 aromatic rings. The van der Waals surface area contributed by atoms with E-state index < -0.39 is 11.7 Å². The van der Waals surface area contributed by atoms with Gasteiger partial charge in [0.25, 0.3) is 5.91 Å². The Morgan fingerprint density at radius 1 is 1.55 bits per heavy atom. The average molecular weight is 328 g/mol. The predicted octanol–water partition coefficient (Wildman–Crippen LogP) is 2.57. The number of hydrogen-bond acceptors (Lipinski definition) is 3. The molecule has 1 amide bonds. The summed E-state index contributed by atoms with van der Waals surface area (Å²) in [7, 11) is 1.62. The fourth-order valence-electron chi connectivity index (χ4n) is 3.52. The summed E-state index contributed by atoms with van der Waals surface area (Å²) in [6.07, 6.45) is 1.03. The Morgan fingerprint density at radius 2 is 2.32 bits per heavy atom. The molecule has 6 heteroatoms. The van der Waals surface area contributed by atoms with Crippen LogP contribution in [0.1, 0.15) is 22.3 Å². The molecule has 4 nitrogen and oxygen atoms in total. The summed E-state index contributed by atoms with van der Waals surface area (Å²) >= 11 is 6.10. The monoisotopic (exact) mass is 327 g/mol. The van der Waals surface area contributed by atoms with Crippen molar-refractivity contribution >= 4 is 17.5 Å². The Morgan fingerprint density at radius 3 is 3.05 bits per heavy atom. The first kappa shape index (κ1) is 15.7. The molecule has 0 radical (unpaired) electrons. The molecule has 0 spiro atoms. The zero-order valence-corrected chi connectivity index (χ0v) is 13.3. The Balaban J connectivity index is 1.78. The lowest BCUT2D eigenvalue weighted by Gasteiger charge is -2.47. The largest absolute Gasteiger partial charge is 0.384 e. The molecule has 2 aliphatic rings. The van der Waals surface area contributed by atoms with Crippen LogP contribution in [0.5, 0.6) is 0 Å². The molecule has 0 bridgehead atoms. The van der Waals surface area contributed by atoms with E-state index in [0.717, 1.165) is 6.42 Å². The van der Waals surface area contributed by atoms with Gasteiger partial charge in [0.15, 0.2) is 0 Å². The van der Waals surface area contributed by atoms with Gasteiger partial charge in [0.05, 0.1) is 23.3 Å². The second-order valence-electron chi connectivity index (χ2n) is 5.96. The maximum Gasteiger partial charge on any atom is 0.256 e. The van der Waals surface area contributed by atoms with Crippen LogP contribution in [0.15, 0.2) is 12.1 Å². The van der Waals surface area contributed by atoms with E-state index in [2.05, 4.69) is 5.32 Å². The van der Waals surface area contributed by atoms with E-state index in [1.807, 2.05) is 0 Å². The summed E-state index contributed by atoms with van der Waals surface area (Å²) in [5.74, 6) is -0.693. The van der Waals surface area contributed by atoms with Crippen molar-refractivity contribution in [3.8, 4) is 0 Å². The van der Waals surface area contributed by atoms with Gasteiger partial charge in [-0.25, -0.2) is 4.39 Å². The quantitative estimate of drug-likeness (QED) is 0.924. The topological polar surface area (TPSA) is 47.6 Å². The summed E-state index contributed by atoms with van der Waals surface area (Å²) < 4.78 is 24.8. The molecule has 120 valence electrons. The summed E-state index contributed by atoms with van der Waals surface area (Å²) in [5, 5.41) is 3.09. The van der Waals surface area contributed by atoms with Crippen molar-refractivity contribution in [2.45, 2.75) is 25.5 Å². The van der Waals surface area contributed by atoms with Gasteiger partial charge in [-0.3, -0.25) is 4.79 Å². The van der Waals surface area contributed by atoms with Crippen LogP contribution in [0, 0.1) is 24.6 Å². The minimum atomic E-state index is -0.602. The first-order valence-corrected chi connectivity index (χ1v) is 7.78. The van der Waals surface area contributed by atoms with Gasteiger partial charge in [-0.2, -0.15) is 0 Å². The molecule has 1 saturated carbocycles. The van der Waals surface area contributed by atoms with E-state index in [1.165, 1.54) is 6.07 Å². The summed E-state index contributed by atoms with van der Waals surface area (Å²) in [5.41, 5.74) is 0.595. The zero-order chi connectivity index (χ0) is 15.9. The first-order valence-electron chi connectivity index (χ1n) is 7.40. The van der Waals surface area contributed by atoms with Crippen molar-refractivity contribution in [1.82, 2.24) is 5.32 Å². The molecule has 1 heterocycles. The summed E-state index contributed by atoms with van der Waals surface area (Å²) in [6, 6.07) is 2.77. The van der Waals surface area contributed by atoms with Crippen LogP contribution in [-0.4, -0.2) is 38.4 Å². The van der Waals surface area contributed by atoms with Crippen molar-refractivity contribution in [3.63, 3.8) is 0 Å². The molecule has 0 aromatic heterocycles. The highest BCUT2D eigenvalue weighted by Gasteiger charge is 2.54. The lowest BCUT2D eigenvalue weighted by Crippen LogP contribution is -2.62. The van der Waals surface area contributed by atoms with E-state index in [-0.39, 0.29) is 34.6 Å². The standard InChI is InChI=1S/C16H19ClFNO3/c1-8-3-4-11(18)12(13(8)17)16(20)19-14-9-5-6-22-15(9)10(14)7-21-2/h3-4,9-10,14-15H,5-7H2,1-2H3,(H,19,20)/t9-,10+,14-,15-/m1/s1. The number of carbonyl (C=O) groups is 1. The van der Waals surface area contributed by atoms with Crippen LogP contribution in [0.3, 0.4) is 0 Å². The van der Waals surface area contributed by atoms with Crippen LogP contribution in [0.2, 0.25) is 5.02 Å². The van der Waals surface area contributed by atoms with Crippen LogP contribution < -0.4 is 5.32 Å². The molecule has 4 atom stereocenters. The lowest BCUT2D eigenvalue weighted by molar-refractivity contribution is -0.0809. The molecular weight excluding hydrogens is 309 g/mol. The minimum Gasteiger partial charge on any atom is -0.384 e. The van der Waals surface area contributed by atoms with Crippen molar-refractivity contribution in [2.24, 2.45) is 11.8 Å². The Labute approximate surface area is 133 Å². The fourth-order valence-corrected chi connectivity index (χ4v) is 3.76. The molecule has 3 rings (SSSR count). The van der Waals surface area contributed by atoms with Gasteiger partial charge >= 0.3 is 0 Å². The molecule has 0 unspecified atom stereocenters. The van der Waals surface area contributed by atoms with Gasteiger partial charge < -0.3 is 14.8 Å². The van der Waals surface area contributed by atoms with Gasteiger partial charge in [-0.05, 0) is 25.0 Å². The van der Waals surface area contributed by atoms with Gasteiger partial charge in [-0.1, -0.05) is 17.7 Å². The molecule has 1 aromatic carbocycles. The fraction of sp³-hybridized carbons (Fsp3) is 0.562. The number of fused-ring (bicyclic) bond motifs is 1. The smallest absolute Gasteiger partial charge is 0.256 e. The second-order valence-corrected chi connectivity index (χ2v) is 6.34. The number of ether oxygens (including phenoxy) is 2. The van der Waals surface area contributed by atoms with Crippen molar-refractivity contribution in [2.75, 3.05) is 20.3 Å². The number of rotatable bonds is 4.